The summed E-state index contributed by atoms with van der Waals surface area (Å²) in [5, 5.41) is 18.0. The summed E-state index contributed by atoms with van der Waals surface area (Å²) in [5.41, 5.74) is 1.68. The highest BCUT2D eigenvalue weighted by atomic mass is 16.4. The molecule has 1 aliphatic heterocycles. The highest BCUT2D eigenvalue weighted by molar-refractivity contribution is 5.99. The smallest absolute Gasteiger partial charge is 0.308 e. The predicted octanol–water partition coefficient (Wildman–Crippen LogP) is 0.943. The molecule has 21 heavy (non-hydrogen) atoms. The maximum Gasteiger partial charge on any atom is 0.308 e. The van der Waals surface area contributed by atoms with Crippen molar-refractivity contribution in [2.24, 2.45) is 5.92 Å². The number of amides is 1. The van der Waals surface area contributed by atoms with E-state index in [2.05, 4.69) is 0 Å². The zero-order valence-electron chi connectivity index (χ0n) is 12.0. The normalized spacial score (nSPS) is 18.1. The Morgan fingerprint density at radius 1 is 1.38 bits per heavy atom. The highest BCUT2D eigenvalue weighted by Gasteiger charge is 2.34. The quantitative estimate of drug-likeness (QED) is 0.815. The molecule has 0 radical (unpaired) electrons. The van der Waals surface area contributed by atoms with Crippen LogP contribution in [0, 0.1) is 5.92 Å². The number of benzene rings is 1. The van der Waals surface area contributed by atoms with Crippen LogP contribution in [0.1, 0.15) is 13.3 Å². The second-order valence-electron chi connectivity index (χ2n) is 5.06. The summed E-state index contributed by atoms with van der Waals surface area (Å²) in [6.07, 6.45) is 0.0582. The van der Waals surface area contributed by atoms with Gasteiger partial charge in [-0.3, -0.25) is 9.59 Å². The number of hydrogen-bond donors (Lipinski definition) is 2. The Morgan fingerprint density at radius 2 is 2.05 bits per heavy atom. The summed E-state index contributed by atoms with van der Waals surface area (Å²) in [4.78, 5) is 26.4. The average Bonchev–Trinajstić information content (AvgIpc) is 2.87. The van der Waals surface area contributed by atoms with Crippen LogP contribution in [0.4, 0.5) is 11.4 Å². The van der Waals surface area contributed by atoms with Gasteiger partial charge in [0, 0.05) is 37.4 Å². The SMILES string of the molecule is CCN(CCO)c1ccc(N2C[C@@H](C(=O)O)CC2=O)cc1. The van der Waals surface area contributed by atoms with Gasteiger partial charge in [-0.15, -0.1) is 0 Å². The van der Waals surface area contributed by atoms with Crippen molar-refractivity contribution in [2.45, 2.75) is 13.3 Å². The van der Waals surface area contributed by atoms with E-state index in [0.717, 1.165) is 12.2 Å². The van der Waals surface area contributed by atoms with Crippen LogP contribution in [0.5, 0.6) is 0 Å². The minimum atomic E-state index is -0.928. The lowest BCUT2D eigenvalue weighted by Gasteiger charge is -2.23. The number of aliphatic hydroxyl groups is 1. The molecule has 1 amide bonds. The van der Waals surface area contributed by atoms with E-state index in [4.69, 9.17) is 10.2 Å². The standard InChI is InChI=1S/C15H20N2O4/c1-2-16(7-8-18)12-3-5-13(6-4-12)17-10-11(15(20)21)9-14(17)19/h3-6,11,18H,2,7-10H2,1H3,(H,20,21)/t11-/m0/s1. The fourth-order valence-electron chi connectivity index (χ4n) is 2.56. The Balaban J connectivity index is 2.12. The molecule has 0 saturated carbocycles. The molecule has 1 fully saturated rings. The van der Waals surface area contributed by atoms with E-state index in [0.29, 0.717) is 12.2 Å². The minimum Gasteiger partial charge on any atom is -0.481 e. The molecule has 0 spiro atoms. The molecule has 1 aliphatic rings. The van der Waals surface area contributed by atoms with E-state index in [1.807, 2.05) is 36.1 Å². The lowest BCUT2D eigenvalue weighted by atomic mass is 10.1. The molecule has 0 unspecified atom stereocenters. The van der Waals surface area contributed by atoms with Crippen LogP contribution in [0.15, 0.2) is 24.3 Å². The van der Waals surface area contributed by atoms with Gasteiger partial charge in [-0.2, -0.15) is 0 Å². The molecule has 1 aromatic carbocycles. The fraction of sp³-hybridized carbons (Fsp3) is 0.467. The van der Waals surface area contributed by atoms with Crippen molar-refractivity contribution in [3.05, 3.63) is 24.3 Å². The summed E-state index contributed by atoms with van der Waals surface area (Å²) < 4.78 is 0. The lowest BCUT2D eigenvalue weighted by molar-refractivity contribution is -0.141. The van der Waals surface area contributed by atoms with Crippen molar-refractivity contribution in [1.82, 2.24) is 0 Å². The number of anilines is 2. The number of rotatable bonds is 6. The molecule has 1 atom stereocenters. The van der Waals surface area contributed by atoms with E-state index in [1.54, 1.807) is 0 Å². The second-order valence-corrected chi connectivity index (χ2v) is 5.06. The molecule has 1 heterocycles. The minimum absolute atomic E-state index is 0.0582. The summed E-state index contributed by atoms with van der Waals surface area (Å²) in [5.74, 6) is -1.71. The van der Waals surface area contributed by atoms with Gasteiger partial charge in [0.05, 0.1) is 12.5 Å². The molecule has 0 aliphatic carbocycles. The first-order chi connectivity index (χ1) is 10.1. The number of aliphatic hydroxyl groups excluding tert-OH is 1. The molecule has 1 aromatic rings. The first-order valence-electron chi connectivity index (χ1n) is 7.05. The number of carboxylic acid groups (broad SMARTS) is 1. The number of carboxylic acids is 1. The maximum absolute atomic E-state index is 11.9. The van der Waals surface area contributed by atoms with Crippen LogP contribution >= 0.6 is 0 Å². The summed E-state index contributed by atoms with van der Waals surface area (Å²) in [6.45, 7) is 3.65. The number of carbonyl (C=O) groups excluding carboxylic acids is 1. The van der Waals surface area contributed by atoms with Gasteiger partial charge in [0.25, 0.3) is 0 Å². The second kappa shape index (κ2) is 6.58. The third-order valence-corrected chi connectivity index (χ3v) is 3.75. The molecule has 6 heteroatoms. The van der Waals surface area contributed by atoms with Gasteiger partial charge in [-0.1, -0.05) is 0 Å². The Hall–Kier alpha value is -2.08. The molecule has 0 aromatic heterocycles. The predicted molar refractivity (Wildman–Crippen MR) is 79.5 cm³/mol. The fourth-order valence-corrected chi connectivity index (χ4v) is 2.56. The lowest BCUT2D eigenvalue weighted by Crippen LogP contribution is -2.27. The van der Waals surface area contributed by atoms with Crippen LogP contribution in [0.25, 0.3) is 0 Å². The van der Waals surface area contributed by atoms with Crippen molar-refractivity contribution in [3.63, 3.8) is 0 Å². The van der Waals surface area contributed by atoms with Crippen LogP contribution in [0.2, 0.25) is 0 Å². The maximum atomic E-state index is 11.9. The van der Waals surface area contributed by atoms with E-state index < -0.39 is 11.9 Å². The van der Waals surface area contributed by atoms with E-state index >= 15 is 0 Å². The van der Waals surface area contributed by atoms with Gasteiger partial charge < -0.3 is 20.0 Å². The third-order valence-electron chi connectivity index (χ3n) is 3.75. The van der Waals surface area contributed by atoms with Crippen molar-refractivity contribution in [1.29, 1.82) is 0 Å². The van der Waals surface area contributed by atoms with E-state index in [9.17, 15) is 9.59 Å². The molecule has 114 valence electrons. The Kier molecular flexibility index (Phi) is 4.80. The Bertz CT molecular complexity index is 515. The van der Waals surface area contributed by atoms with Crippen molar-refractivity contribution < 1.29 is 19.8 Å². The number of hydrogen-bond acceptors (Lipinski definition) is 4. The number of carbonyl (C=O) groups is 2. The molecule has 0 bridgehead atoms. The van der Waals surface area contributed by atoms with Crippen LogP contribution < -0.4 is 9.80 Å². The molecule has 2 N–H and O–H groups in total. The van der Waals surface area contributed by atoms with Gasteiger partial charge in [0.1, 0.15) is 0 Å². The van der Waals surface area contributed by atoms with Gasteiger partial charge in [0.2, 0.25) is 5.91 Å². The summed E-state index contributed by atoms with van der Waals surface area (Å²) >= 11 is 0. The third kappa shape index (κ3) is 3.33. The molecular formula is C15H20N2O4. The average molecular weight is 292 g/mol. The van der Waals surface area contributed by atoms with Crippen LogP contribution in [0.3, 0.4) is 0 Å². The first-order valence-corrected chi connectivity index (χ1v) is 7.05. The largest absolute Gasteiger partial charge is 0.481 e. The molecule has 2 rings (SSSR count). The summed E-state index contributed by atoms with van der Waals surface area (Å²) in [7, 11) is 0. The number of likely N-dealkylation sites (N-methyl/N-ethyl adjacent to an activating group) is 1. The number of aliphatic carboxylic acids is 1. The zero-order valence-corrected chi connectivity index (χ0v) is 12.0. The van der Waals surface area contributed by atoms with Gasteiger partial charge in [-0.05, 0) is 31.2 Å². The topological polar surface area (TPSA) is 81.1 Å². The van der Waals surface area contributed by atoms with Crippen molar-refractivity contribution in [3.8, 4) is 0 Å². The monoisotopic (exact) mass is 292 g/mol. The Labute approximate surface area is 123 Å². The Morgan fingerprint density at radius 3 is 2.52 bits per heavy atom. The highest BCUT2D eigenvalue weighted by Crippen LogP contribution is 2.27. The van der Waals surface area contributed by atoms with Crippen LogP contribution in [-0.4, -0.2) is 48.3 Å². The first kappa shape index (κ1) is 15.3. The van der Waals surface area contributed by atoms with Gasteiger partial charge in [-0.25, -0.2) is 0 Å². The van der Waals surface area contributed by atoms with Crippen molar-refractivity contribution >= 4 is 23.3 Å². The molecule has 6 nitrogen and oxygen atoms in total. The number of nitrogens with zero attached hydrogens (tertiary/aromatic N) is 2. The zero-order chi connectivity index (χ0) is 15.4. The van der Waals surface area contributed by atoms with Gasteiger partial charge in [0.15, 0.2) is 0 Å². The van der Waals surface area contributed by atoms with Crippen molar-refractivity contribution in [2.75, 3.05) is 36.0 Å². The van der Waals surface area contributed by atoms with E-state index in [1.165, 1.54) is 4.90 Å². The van der Waals surface area contributed by atoms with Gasteiger partial charge >= 0.3 is 5.97 Å². The summed E-state index contributed by atoms with van der Waals surface area (Å²) in [6, 6.07) is 7.40. The van der Waals surface area contributed by atoms with Crippen LogP contribution in [-0.2, 0) is 9.59 Å². The molecular weight excluding hydrogens is 272 g/mol. The molecule has 1 saturated heterocycles. The van der Waals surface area contributed by atoms with E-state index in [-0.39, 0.29) is 25.5 Å².